The molecule has 1 aliphatic rings. The molecule has 1 rings (SSSR count). The van der Waals surface area contributed by atoms with E-state index in [1.807, 2.05) is 4.90 Å². The number of hydrogen-bond donors (Lipinski definition) is 0. The smallest absolute Gasteiger partial charge is 0.311 e. The van der Waals surface area contributed by atoms with Crippen molar-refractivity contribution in [1.82, 2.24) is 4.90 Å². The summed E-state index contributed by atoms with van der Waals surface area (Å²) >= 11 is 0. The highest BCUT2D eigenvalue weighted by molar-refractivity contribution is 5.86. The number of ether oxygens (including phenoxy) is 1. The SMILES string of the molecule is CCCCCCCCCCCCCCCCN1CC(C(=O)OCCC(C)CCC=C(C)C)CC1=O. The number of esters is 1. The van der Waals surface area contributed by atoms with Gasteiger partial charge in [-0.3, -0.25) is 9.59 Å². The van der Waals surface area contributed by atoms with E-state index in [4.69, 9.17) is 4.74 Å². The molecule has 4 heteroatoms. The molecular formula is C31H57NO3. The van der Waals surface area contributed by atoms with Crippen molar-refractivity contribution < 1.29 is 14.3 Å². The Labute approximate surface area is 217 Å². The number of carbonyl (C=O) groups excluding carboxylic acids is 2. The molecule has 4 nitrogen and oxygen atoms in total. The van der Waals surface area contributed by atoms with Gasteiger partial charge in [-0.05, 0) is 45.4 Å². The van der Waals surface area contributed by atoms with Crippen LogP contribution in [-0.2, 0) is 14.3 Å². The Balaban J connectivity index is 1.99. The van der Waals surface area contributed by atoms with Crippen molar-refractivity contribution in [3.05, 3.63) is 11.6 Å². The number of unbranched alkanes of at least 4 members (excludes halogenated alkanes) is 13. The zero-order valence-corrected chi connectivity index (χ0v) is 23.8. The van der Waals surface area contributed by atoms with Crippen molar-refractivity contribution in [2.45, 2.75) is 143 Å². The number of nitrogens with zero attached hydrogens (tertiary/aromatic N) is 1. The van der Waals surface area contributed by atoms with Crippen LogP contribution in [-0.4, -0.2) is 36.5 Å². The largest absolute Gasteiger partial charge is 0.465 e. The first-order chi connectivity index (χ1) is 16.9. The van der Waals surface area contributed by atoms with Gasteiger partial charge in [0.2, 0.25) is 5.91 Å². The molecule has 0 bridgehead atoms. The van der Waals surface area contributed by atoms with Gasteiger partial charge in [0.25, 0.3) is 0 Å². The monoisotopic (exact) mass is 491 g/mol. The van der Waals surface area contributed by atoms with Gasteiger partial charge in [-0.1, -0.05) is 109 Å². The third-order valence-corrected chi connectivity index (χ3v) is 7.40. The Hall–Kier alpha value is -1.32. The summed E-state index contributed by atoms with van der Waals surface area (Å²) in [4.78, 5) is 26.6. The van der Waals surface area contributed by atoms with E-state index >= 15 is 0 Å². The average Bonchev–Trinajstić information content (AvgIpc) is 3.19. The van der Waals surface area contributed by atoms with Crippen LogP contribution in [0.4, 0.5) is 0 Å². The fraction of sp³-hybridized carbons (Fsp3) is 0.871. The van der Waals surface area contributed by atoms with Gasteiger partial charge in [-0.15, -0.1) is 0 Å². The molecule has 1 fully saturated rings. The number of amides is 1. The summed E-state index contributed by atoms with van der Waals surface area (Å²) in [5.41, 5.74) is 1.35. The van der Waals surface area contributed by atoms with Crippen LogP contribution in [0.3, 0.4) is 0 Å². The van der Waals surface area contributed by atoms with Crippen LogP contribution in [0.25, 0.3) is 0 Å². The highest BCUT2D eigenvalue weighted by Crippen LogP contribution is 2.21. The molecule has 0 radical (unpaired) electrons. The maximum Gasteiger partial charge on any atom is 0.311 e. The van der Waals surface area contributed by atoms with E-state index in [1.165, 1.54) is 89.0 Å². The summed E-state index contributed by atoms with van der Waals surface area (Å²) in [5.74, 6) is 0.214. The first-order valence-corrected chi connectivity index (χ1v) is 15.0. The van der Waals surface area contributed by atoms with E-state index in [-0.39, 0.29) is 17.8 Å². The summed E-state index contributed by atoms with van der Waals surface area (Å²) in [6.07, 6.45) is 24.4. The lowest BCUT2D eigenvalue weighted by atomic mass is 10.0. The molecular weight excluding hydrogens is 434 g/mol. The van der Waals surface area contributed by atoms with Gasteiger partial charge in [0.05, 0.1) is 12.5 Å². The summed E-state index contributed by atoms with van der Waals surface area (Å²) in [7, 11) is 0. The van der Waals surface area contributed by atoms with Crippen molar-refractivity contribution in [3.63, 3.8) is 0 Å². The Morgan fingerprint density at radius 1 is 0.914 bits per heavy atom. The molecule has 0 aromatic rings. The Morgan fingerprint density at radius 2 is 1.46 bits per heavy atom. The molecule has 0 aromatic heterocycles. The second-order valence-corrected chi connectivity index (χ2v) is 11.3. The van der Waals surface area contributed by atoms with Gasteiger partial charge in [-0.25, -0.2) is 0 Å². The summed E-state index contributed by atoms with van der Waals surface area (Å²) in [5, 5.41) is 0. The zero-order chi connectivity index (χ0) is 25.7. The molecule has 2 unspecified atom stereocenters. The quantitative estimate of drug-likeness (QED) is 0.0864. The van der Waals surface area contributed by atoms with Crippen LogP contribution in [0.15, 0.2) is 11.6 Å². The van der Waals surface area contributed by atoms with E-state index in [2.05, 4.69) is 33.8 Å². The Morgan fingerprint density at radius 3 is 2.00 bits per heavy atom. The molecule has 0 spiro atoms. The normalized spacial score (nSPS) is 16.5. The van der Waals surface area contributed by atoms with E-state index < -0.39 is 0 Å². The fourth-order valence-electron chi connectivity index (χ4n) is 4.92. The molecule has 1 aliphatic heterocycles. The molecule has 0 N–H and O–H groups in total. The van der Waals surface area contributed by atoms with Crippen LogP contribution in [0, 0.1) is 11.8 Å². The standard InChI is InChI=1S/C31H57NO3/c1-5-6-7-8-9-10-11-12-13-14-15-16-17-18-23-32-26-29(25-30(32)33)31(34)35-24-22-28(4)21-19-20-27(2)3/h20,28-29H,5-19,21-26H2,1-4H3. The zero-order valence-electron chi connectivity index (χ0n) is 23.8. The number of hydrogen-bond acceptors (Lipinski definition) is 3. The average molecular weight is 492 g/mol. The lowest BCUT2D eigenvalue weighted by Gasteiger charge is -2.16. The summed E-state index contributed by atoms with van der Waals surface area (Å²) in [6.45, 7) is 10.5. The van der Waals surface area contributed by atoms with Crippen LogP contribution >= 0.6 is 0 Å². The van der Waals surface area contributed by atoms with Crippen LogP contribution in [0.2, 0.25) is 0 Å². The van der Waals surface area contributed by atoms with E-state index in [0.717, 1.165) is 32.2 Å². The molecule has 1 saturated heterocycles. The number of rotatable bonds is 22. The molecule has 0 aliphatic carbocycles. The fourth-order valence-corrected chi connectivity index (χ4v) is 4.92. The molecule has 0 saturated carbocycles. The molecule has 1 heterocycles. The first kappa shape index (κ1) is 31.7. The van der Waals surface area contributed by atoms with E-state index in [9.17, 15) is 9.59 Å². The topological polar surface area (TPSA) is 46.6 Å². The van der Waals surface area contributed by atoms with Gasteiger partial charge >= 0.3 is 5.97 Å². The minimum atomic E-state index is -0.268. The second kappa shape index (κ2) is 20.8. The second-order valence-electron chi connectivity index (χ2n) is 11.3. The number of carbonyl (C=O) groups is 2. The van der Waals surface area contributed by atoms with Crippen LogP contribution < -0.4 is 0 Å². The lowest BCUT2D eigenvalue weighted by molar-refractivity contribution is -0.148. The van der Waals surface area contributed by atoms with Crippen LogP contribution in [0.1, 0.15) is 143 Å². The van der Waals surface area contributed by atoms with Gasteiger partial charge in [0, 0.05) is 19.5 Å². The predicted octanol–water partition coefficient (Wildman–Crippen LogP) is 8.63. The highest BCUT2D eigenvalue weighted by Gasteiger charge is 2.34. The van der Waals surface area contributed by atoms with Crippen molar-refractivity contribution >= 4 is 11.9 Å². The van der Waals surface area contributed by atoms with Gasteiger partial charge in [0.15, 0.2) is 0 Å². The van der Waals surface area contributed by atoms with Gasteiger partial charge in [-0.2, -0.15) is 0 Å². The third kappa shape index (κ3) is 16.9. The number of allylic oxidation sites excluding steroid dienone is 2. The lowest BCUT2D eigenvalue weighted by Crippen LogP contribution is -2.28. The molecule has 1 amide bonds. The van der Waals surface area contributed by atoms with Crippen molar-refractivity contribution in [2.75, 3.05) is 19.7 Å². The Kier molecular flexibility index (Phi) is 18.9. The minimum Gasteiger partial charge on any atom is -0.465 e. The van der Waals surface area contributed by atoms with E-state index in [1.54, 1.807) is 0 Å². The Bertz CT molecular complexity index is 582. The number of likely N-dealkylation sites (tertiary alicyclic amines) is 1. The maximum atomic E-state index is 12.4. The third-order valence-electron chi connectivity index (χ3n) is 7.40. The minimum absolute atomic E-state index is 0.122. The molecule has 2 atom stereocenters. The molecule has 35 heavy (non-hydrogen) atoms. The summed E-state index contributed by atoms with van der Waals surface area (Å²) < 4.78 is 5.51. The molecule has 0 aromatic carbocycles. The highest BCUT2D eigenvalue weighted by atomic mass is 16.5. The summed E-state index contributed by atoms with van der Waals surface area (Å²) in [6, 6.07) is 0. The maximum absolute atomic E-state index is 12.4. The van der Waals surface area contributed by atoms with Crippen LogP contribution in [0.5, 0.6) is 0 Å². The van der Waals surface area contributed by atoms with Crippen molar-refractivity contribution in [2.24, 2.45) is 11.8 Å². The van der Waals surface area contributed by atoms with Gasteiger partial charge in [0.1, 0.15) is 0 Å². The van der Waals surface area contributed by atoms with Crippen molar-refractivity contribution in [3.8, 4) is 0 Å². The molecule has 204 valence electrons. The first-order valence-electron chi connectivity index (χ1n) is 15.0. The van der Waals surface area contributed by atoms with Crippen molar-refractivity contribution in [1.29, 1.82) is 0 Å². The predicted molar refractivity (Wildman–Crippen MR) is 148 cm³/mol. The van der Waals surface area contributed by atoms with Gasteiger partial charge < -0.3 is 9.64 Å². The van der Waals surface area contributed by atoms with E-state index in [0.29, 0.717) is 25.5 Å².